The molecule has 0 aromatic heterocycles. The highest BCUT2D eigenvalue weighted by molar-refractivity contribution is 6.33. The summed E-state index contributed by atoms with van der Waals surface area (Å²) in [5.74, 6) is 0.696. The summed E-state index contributed by atoms with van der Waals surface area (Å²) >= 11 is 6.02. The highest BCUT2D eigenvalue weighted by Crippen LogP contribution is 2.25. The average molecular weight is 333 g/mol. The molecule has 0 bridgehead atoms. The fourth-order valence-electron chi connectivity index (χ4n) is 2.06. The van der Waals surface area contributed by atoms with Gasteiger partial charge in [-0.25, -0.2) is 0 Å². The molecule has 0 unspecified atom stereocenters. The van der Waals surface area contributed by atoms with Crippen molar-refractivity contribution in [3.63, 3.8) is 0 Å². The third-order valence-corrected chi connectivity index (χ3v) is 3.39. The SMILES string of the molecule is CC(C)Oc1ccccc1NCCC(=O)Nc1ccccc1Cl. The van der Waals surface area contributed by atoms with Gasteiger partial charge in [-0.2, -0.15) is 0 Å². The van der Waals surface area contributed by atoms with Crippen molar-refractivity contribution < 1.29 is 9.53 Å². The molecule has 2 aromatic rings. The van der Waals surface area contributed by atoms with Crippen molar-refractivity contribution in [2.75, 3.05) is 17.2 Å². The molecule has 0 aliphatic heterocycles. The molecule has 5 heteroatoms. The van der Waals surface area contributed by atoms with E-state index < -0.39 is 0 Å². The summed E-state index contributed by atoms with van der Waals surface area (Å²) in [5, 5.41) is 6.56. The van der Waals surface area contributed by atoms with E-state index in [-0.39, 0.29) is 12.0 Å². The van der Waals surface area contributed by atoms with Gasteiger partial charge in [-0.15, -0.1) is 0 Å². The lowest BCUT2D eigenvalue weighted by Gasteiger charge is -2.15. The number of hydrogen-bond acceptors (Lipinski definition) is 3. The molecular weight excluding hydrogens is 312 g/mol. The summed E-state index contributed by atoms with van der Waals surface area (Å²) in [6, 6.07) is 14.9. The first-order valence-corrected chi connectivity index (χ1v) is 7.98. The van der Waals surface area contributed by atoms with Crippen molar-refractivity contribution in [3.8, 4) is 5.75 Å². The molecule has 4 nitrogen and oxygen atoms in total. The van der Waals surface area contributed by atoms with E-state index in [1.54, 1.807) is 12.1 Å². The van der Waals surface area contributed by atoms with Crippen LogP contribution in [0.2, 0.25) is 5.02 Å². The summed E-state index contributed by atoms with van der Waals surface area (Å²) in [6.07, 6.45) is 0.433. The zero-order valence-corrected chi connectivity index (χ0v) is 14.1. The molecule has 0 aliphatic carbocycles. The van der Waals surface area contributed by atoms with E-state index in [0.29, 0.717) is 23.7 Å². The highest BCUT2D eigenvalue weighted by atomic mass is 35.5. The Hall–Kier alpha value is -2.20. The van der Waals surface area contributed by atoms with Gasteiger partial charge in [0.05, 0.1) is 22.5 Å². The predicted octanol–water partition coefficient (Wildman–Crippen LogP) is 4.57. The quantitative estimate of drug-likeness (QED) is 0.781. The topological polar surface area (TPSA) is 50.4 Å². The number of carbonyl (C=O) groups excluding carboxylic acids is 1. The molecule has 1 amide bonds. The number of nitrogens with one attached hydrogen (secondary N) is 2. The van der Waals surface area contributed by atoms with E-state index in [4.69, 9.17) is 16.3 Å². The maximum Gasteiger partial charge on any atom is 0.226 e. The van der Waals surface area contributed by atoms with Crippen molar-refractivity contribution in [3.05, 3.63) is 53.6 Å². The van der Waals surface area contributed by atoms with Crippen LogP contribution in [0, 0.1) is 0 Å². The summed E-state index contributed by atoms with van der Waals surface area (Å²) < 4.78 is 5.73. The van der Waals surface area contributed by atoms with E-state index in [2.05, 4.69) is 10.6 Å². The van der Waals surface area contributed by atoms with Crippen LogP contribution < -0.4 is 15.4 Å². The van der Waals surface area contributed by atoms with Crippen LogP contribution in [0.5, 0.6) is 5.75 Å². The van der Waals surface area contributed by atoms with Gasteiger partial charge in [0.1, 0.15) is 5.75 Å². The Bertz CT molecular complexity index is 659. The predicted molar refractivity (Wildman–Crippen MR) is 95.4 cm³/mol. The number of carbonyl (C=O) groups is 1. The molecule has 0 fully saturated rings. The fraction of sp³-hybridized carbons (Fsp3) is 0.278. The number of halogens is 1. The molecule has 0 saturated heterocycles. The minimum Gasteiger partial charge on any atom is -0.489 e. The van der Waals surface area contributed by atoms with Gasteiger partial charge >= 0.3 is 0 Å². The Kier molecular flexibility index (Phi) is 6.29. The largest absolute Gasteiger partial charge is 0.489 e. The third kappa shape index (κ3) is 5.49. The van der Waals surface area contributed by atoms with E-state index >= 15 is 0 Å². The maximum atomic E-state index is 12.0. The molecule has 0 saturated carbocycles. The van der Waals surface area contributed by atoms with Crippen LogP contribution in [0.4, 0.5) is 11.4 Å². The van der Waals surface area contributed by atoms with Crippen molar-refractivity contribution in [1.29, 1.82) is 0 Å². The van der Waals surface area contributed by atoms with Crippen LogP contribution in [0.25, 0.3) is 0 Å². The molecule has 2 aromatic carbocycles. The van der Waals surface area contributed by atoms with Crippen molar-refractivity contribution in [2.45, 2.75) is 26.4 Å². The minimum atomic E-state index is -0.0899. The standard InChI is InChI=1S/C18H21ClN2O2/c1-13(2)23-17-10-6-5-9-16(17)20-12-11-18(22)21-15-8-4-3-7-14(15)19/h3-10,13,20H,11-12H2,1-2H3,(H,21,22). The molecule has 122 valence electrons. The summed E-state index contributed by atoms with van der Waals surface area (Å²) in [5.41, 5.74) is 1.51. The Morgan fingerprint density at radius 3 is 2.43 bits per heavy atom. The van der Waals surface area contributed by atoms with Gasteiger partial charge in [-0.05, 0) is 38.1 Å². The van der Waals surface area contributed by atoms with Crippen LogP contribution in [0.1, 0.15) is 20.3 Å². The maximum absolute atomic E-state index is 12.0. The fourth-order valence-corrected chi connectivity index (χ4v) is 2.24. The molecule has 0 aliphatic rings. The zero-order valence-electron chi connectivity index (χ0n) is 13.3. The van der Waals surface area contributed by atoms with Gasteiger partial charge in [-0.1, -0.05) is 35.9 Å². The number of para-hydroxylation sites is 3. The molecule has 0 heterocycles. The van der Waals surface area contributed by atoms with Crippen molar-refractivity contribution in [2.24, 2.45) is 0 Å². The van der Waals surface area contributed by atoms with Crippen LogP contribution in [0.3, 0.4) is 0 Å². The van der Waals surface area contributed by atoms with Crippen molar-refractivity contribution in [1.82, 2.24) is 0 Å². The zero-order chi connectivity index (χ0) is 16.7. The number of hydrogen-bond donors (Lipinski definition) is 2. The lowest BCUT2D eigenvalue weighted by atomic mass is 10.2. The Morgan fingerprint density at radius 1 is 1.09 bits per heavy atom. The van der Waals surface area contributed by atoms with E-state index in [1.165, 1.54) is 0 Å². The normalized spacial score (nSPS) is 10.4. The van der Waals surface area contributed by atoms with Gasteiger partial charge < -0.3 is 15.4 Å². The first-order chi connectivity index (χ1) is 11.1. The second kappa shape index (κ2) is 8.44. The second-order valence-electron chi connectivity index (χ2n) is 5.37. The average Bonchev–Trinajstić information content (AvgIpc) is 2.51. The van der Waals surface area contributed by atoms with E-state index in [1.807, 2.05) is 50.2 Å². The lowest BCUT2D eigenvalue weighted by molar-refractivity contribution is -0.115. The first-order valence-electron chi connectivity index (χ1n) is 7.60. The highest BCUT2D eigenvalue weighted by Gasteiger charge is 2.07. The summed E-state index contributed by atoms with van der Waals surface area (Å²) in [7, 11) is 0. The molecule has 23 heavy (non-hydrogen) atoms. The van der Waals surface area contributed by atoms with Crippen LogP contribution >= 0.6 is 11.6 Å². The van der Waals surface area contributed by atoms with Gasteiger partial charge in [0.15, 0.2) is 0 Å². The lowest BCUT2D eigenvalue weighted by Crippen LogP contribution is -2.17. The van der Waals surface area contributed by atoms with Gasteiger partial charge in [0.25, 0.3) is 0 Å². The van der Waals surface area contributed by atoms with Crippen LogP contribution in [0.15, 0.2) is 48.5 Å². The molecule has 2 rings (SSSR count). The molecule has 0 atom stereocenters. The monoisotopic (exact) mass is 332 g/mol. The molecule has 2 N–H and O–H groups in total. The Morgan fingerprint density at radius 2 is 1.74 bits per heavy atom. The minimum absolute atomic E-state index is 0.0899. The van der Waals surface area contributed by atoms with Crippen LogP contribution in [-0.2, 0) is 4.79 Å². The third-order valence-electron chi connectivity index (χ3n) is 3.07. The number of rotatable bonds is 7. The van der Waals surface area contributed by atoms with Gasteiger partial charge in [0.2, 0.25) is 5.91 Å². The number of amides is 1. The summed E-state index contributed by atoms with van der Waals surface area (Å²) in [6.45, 7) is 4.47. The summed E-state index contributed by atoms with van der Waals surface area (Å²) in [4.78, 5) is 12.0. The van der Waals surface area contributed by atoms with E-state index in [0.717, 1.165) is 11.4 Å². The Balaban J connectivity index is 1.85. The number of anilines is 2. The number of ether oxygens (including phenoxy) is 1. The second-order valence-corrected chi connectivity index (χ2v) is 5.77. The Labute approximate surface area is 141 Å². The molecule has 0 radical (unpaired) electrons. The first kappa shape index (κ1) is 17.2. The van der Waals surface area contributed by atoms with E-state index in [9.17, 15) is 4.79 Å². The smallest absolute Gasteiger partial charge is 0.226 e. The van der Waals surface area contributed by atoms with Crippen molar-refractivity contribution >= 4 is 28.9 Å². The van der Waals surface area contributed by atoms with Crippen LogP contribution in [-0.4, -0.2) is 18.6 Å². The molecule has 0 spiro atoms. The van der Waals surface area contributed by atoms with Gasteiger partial charge in [0, 0.05) is 13.0 Å². The van der Waals surface area contributed by atoms with Gasteiger partial charge in [-0.3, -0.25) is 4.79 Å². The molecular formula is C18H21ClN2O2. The number of benzene rings is 2.